The van der Waals surface area contributed by atoms with E-state index >= 15 is 0 Å². The average Bonchev–Trinajstić information content (AvgIpc) is 2.33. The summed E-state index contributed by atoms with van der Waals surface area (Å²) >= 11 is 3.52. The number of hydrogen-bond acceptors (Lipinski definition) is 2. The van der Waals surface area contributed by atoms with Crippen molar-refractivity contribution in [2.75, 3.05) is 6.61 Å². The van der Waals surface area contributed by atoms with Gasteiger partial charge in [0.2, 0.25) is 0 Å². The van der Waals surface area contributed by atoms with E-state index in [1.165, 1.54) is 0 Å². The van der Waals surface area contributed by atoms with Crippen LogP contribution in [0.2, 0.25) is 0 Å². The van der Waals surface area contributed by atoms with E-state index in [1.807, 2.05) is 25.1 Å². The van der Waals surface area contributed by atoms with Gasteiger partial charge < -0.3 is 9.84 Å². The molecule has 1 aliphatic rings. The Labute approximate surface area is 104 Å². The highest BCUT2D eigenvalue weighted by Crippen LogP contribution is 2.33. The quantitative estimate of drug-likeness (QED) is 0.900. The maximum absolute atomic E-state index is 10.3. The zero-order chi connectivity index (χ0) is 11.5. The molecule has 1 aromatic rings. The summed E-state index contributed by atoms with van der Waals surface area (Å²) < 4.78 is 6.24. The molecule has 2 nitrogen and oxygen atoms in total. The SMILES string of the molecule is Cc1cccc(C(O)C2=COCCC2)c1Br. The highest BCUT2D eigenvalue weighted by Gasteiger charge is 2.18. The van der Waals surface area contributed by atoms with E-state index in [4.69, 9.17) is 4.74 Å². The van der Waals surface area contributed by atoms with Gasteiger partial charge in [-0.2, -0.15) is 0 Å². The zero-order valence-electron chi connectivity index (χ0n) is 9.24. The molecular weight excluding hydrogens is 268 g/mol. The number of hydrogen-bond donors (Lipinski definition) is 1. The Bertz CT molecular complexity index is 412. The van der Waals surface area contributed by atoms with Crippen molar-refractivity contribution in [2.45, 2.75) is 25.9 Å². The fourth-order valence-electron chi connectivity index (χ4n) is 1.87. The minimum atomic E-state index is -0.561. The van der Waals surface area contributed by atoms with Crippen molar-refractivity contribution < 1.29 is 9.84 Å². The summed E-state index contributed by atoms with van der Waals surface area (Å²) in [7, 11) is 0. The van der Waals surface area contributed by atoms with Crippen molar-refractivity contribution >= 4 is 15.9 Å². The third-order valence-corrected chi connectivity index (χ3v) is 3.91. The number of aryl methyl sites for hydroxylation is 1. The first-order valence-electron chi connectivity index (χ1n) is 5.44. The van der Waals surface area contributed by atoms with Crippen LogP contribution in [-0.4, -0.2) is 11.7 Å². The highest BCUT2D eigenvalue weighted by molar-refractivity contribution is 9.10. The van der Waals surface area contributed by atoms with Crippen LogP contribution in [0.4, 0.5) is 0 Å². The van der Waals surface area contributed by atoms with E-state index in [0.29, 0.717) is 0 Å². The van der Waals surface area contributed by atoms with Gasteiger partial charge in [0.1, 0.15) is 6.10 Å². The zero-order valence-corrected chi connectivity index (χ0v) is 10.8. The van der Waals surface area contributed by atoms with Gasteiger partial charge in [-0.1, -0.05) is 34.1 Å². The molecule has 1 heterocycles. The summed E-state index contributed by atoms with van der Waals surface area (Å²) in [5, 5.41) is 10.3. The fourth-order valence-corrected chi connectivity index (χ4v) is 2.35. The number of rotatable bonds is 2. The van der Waals surface area contributed by atoms with E-state index in [1.54, 1.807) is 6.26 Å². The molecule has 0 saturated carbocycles. The number of aliphatic hydroxyl groups excluding tert-OH is 1. The first-order valence-corrected chi connectivity index (χ1v) is 6.23. The van der Waals surface area contributed by atoms with E-state index in [-0.39, 0.29) is 0 Å². The summed E-state index contributed by atoms with van der Waals surface area (Å²) in [6, 6.07) is 5.92. The molecule has 0 aliphatic carbocycles. The number of benzene rings is 1. The molecule has 1 N–H and O–H groups in total. The second-order valence-electron chi connectivity index (χ2n) is 4.05. The van der Waals surface area contributed by atoms with Gasteiger partial charge in [-0.15, -0.1) is 0 Å². The molecule has 0 saturated heterocycles. The summed E-state index contributed by atoms with van der Waals surface area (Å²) in [6.45, 7) is 2.78. The molecule has 0 bridgehead atoms. The van der Waals surface area contributed by atoms with Crippen molar-refractivity contribution in [3.63, 3.8) is 0 Å². The molecule has 1 atom stereocenters. The molecule has 2 rings (SSSR count). The van der Waals surface area contributed by atoms with Crippen LogP contribution in [0.3, 0.4) is 0 Å². The Morgan fingerprint density at radius 1 is 1.44 bits per heavy atom. The second-order valence-corrected chi connectivity index (χ2v) is 4.84. The van der Waals surface area contributed by atoms with Crippen molar-refractivity contribution in [3.8, 4) is 0 Å². The Hall–Kier alpha value is -0.800. The summed E-state index contributed by atoms with van der Waals surface area (Å²) in [4.78, 5) is 0. The van der Waals surface area contributed by atoms with Crippen LogP contribution in [0.25, 0.3) is 0 Å². The van der Waals surface area contributed by atoms with E-state index < -0.39 is 6.10 Å². The highest BCUT2D eigenvalue weighted by atomic mass is 79.9. The van der Waals surface area contributed by atoms with E-state index in [2.05, 4.69) is 15.9 Å². The molecule has 0 amide bonds. The van der Waals surface area contributed by atoms with Gasteiger partial charge in [0.05, 0.1) is 12.9 Å². The normalized spacial score (nSPS) is 17.6. The molecule has 1 aromatic carbocycles. The van der Waals surface area contributed by atoms with Gasteiger partial charge in [-0.25, -0.2) is 0 Å². The third-order valence-electron chi connectivity index (χ3n) is 2.83. The topological polar surface area (TPSA) is 29.5 Å². The fraction of sp³-hybridized carbons (Fsp3) is 0.385. The summed E-state index contributed by atoms with van der Waals surface area (Å²) in [5.74, 6) is 0. The largest absolute Gasteiger partial charge is 0.501 e. The number of halogens is 1. The number of ether oxygens (including phenoxy) is 1. The van der Waals surface area contributed by atoms with Gasteiger partial charge in [-0.3, -0.25) is 0 Å². The van der Waals surface area contributed by atoms with Gasteiger partial charge in [0.25, 0.3) is 0 Å². The molecule has 1 aliphatic heterocycles. The lowest BCUT2D eigenvalue weighted by atomic mass is 9.97. The lowest BCUT2D eigenvalue weighted by Gasteiger charge is -2.20. The third kappa shape index (κ3) is 2.30. The van der Waals surface area contributed by atoms with Gasteiger partial charge in [0, 0.05) is 4.47 Å². The van der Waals surface area contributed by atoms with Crippen LogP contribution in [0, 0.1) is 6.92 Å². The maximum atomic E-state index is 10.3. The minimum absolute atomic E-state index is 0.561. The Balaban J connectivity index is 2.29. The maximum Gasteiger partial charge on any atom is 0.104 e. The molecule has 86 valence electrons. The van der Waals surface area contributed by atoms with Crippen molar-refractivity contribution in [2.24, 2.45) is 0 Å². The minimum Gasteiger partial charge on any atom is -0.501 e. The summed E-state index contributed by atoms with van der Waals surface area (Å²) in [6.07, 6.45) is 3.02. The standard InChI is InChI=1S/C13H15BrO2/c1-9-4-2-6-11(12(9)14)13(15)10-5-3-7-16-8-10/h2,4,6,8,13,15H,3,5,7H2,1H3. The van der Waals surface area contributed by atoms with Crippen molar-refractivity contribution in [1.29, 1.82) is 0 Å². The van der Waals surface area contributed by atoms with Crippen LogP contribution >= 0.6 is 15.9 Å². The van der Waals surface area contributed by atoms with E-state index in [0.717, 1.165) is 40.6 Å². The van der Waals surface area contributed by atoms with Gasteiger partial charge in [-0.05, 0) is 36.5 Å². The predicted octanol–water partition coefficient (Wildman–Crippen LogP) is 3.49. The molecule has 3 heteroatoms. The van der Waals surface area contributed by atoms with Crippen LogP contribution in [0.1, 0.15) is 30.1 Å². The molecule has 0 spiro atoms. The van der Waals surface area contributed by atoms with E-state index in [9.17, 15) is 5.11 Å². The van der Waals surface area contributed by atoms with Crippen LogP contribution in [0.15, 0.2) is 34.5 Å². The molecule has 0 fully saturated rings. The van der Waals surface area contributed by atoms with Crippen molar-refractivity contribution in [3.05, 3.63) is 45.6 Å². The lowest BCUT2D eigenvalue weighted by molar-refractivity contribution is 0.170. The van der Waals surface area contributed by atoms with Crippen LogP contribution in [-0.2, 0) is 4.74 Å². The van der Waals surface area contributed by atoms with Crippen molar-refractivity contribution in [1.82, 2.24) is 0 Å². The molecule has 0 radical (unpaired) electrons. The van der Waals surface area contributed by atoms with Crippen LogP contribution in [0.5, 0.6) is 0 Å². The predicted molar refractivity (Wildman–Crippen MR) is 67.1 cm³/mol. The summed E-state index contributed by atoms with van der Waals surface area (Å²) in [5.41, 5.74) is 3.00. The molecule has 16 heavy (non-hydrogen) atoms. The smallest absolute Gasteiger partial charge is 0.104 e. The number of aliphatic hydroxyl groups is 1. The first-order chi connectivity index (χ1) is 7.70. The molecule has 1 unspecified atom stereocenters. The Kier molecular flexibility index (Phi) is 3.66. The lowest BCUT2D eigenvalue weighted by Crippen LogP contribution is -2.08. The van der Waals surface area contributed by atoms with Gasteiger partial charge in [0.15, 0.2) is 0 Å². The Morgan fingerprint density at radius 3 is 2.94 bits per heavy atom. The Morgan fingerprint density at radius 2 is 2.25 bits per heavy atom. The van der Waals surface area contributed by atoms with Gasteiger partial charge >= 0.3 is 0 Å². The van der Waals surface area contributed by atoms with Crippen LogP contribution < -0.4 is 0 Å². The molecular formula is C13H15BrO2. The monoisotopic (exact) mass is 282 g/mol. The first kappa shape index (κ1) is 11.7. The average molecular weight is 283 g/mol. The molecule has 0 aromatic heterocycles. The second kappa shape index (κ2) is 5.02.